The van der Waals surface area contributed by atoms with Crippen molar-refractivity contribution in [1.29, 1.82) is 0 Å². The lowest BCUT2D eigenvalue weighted by atomic mass is 9.45. The van der Waals surface area contributed by atoms with Gasteiger partial charge in [-0.1, -0.05) is 56.5 Å². The van der Waals surface area contributed by atoms with E-state index in [-0.39, 0.29) is 5.41 Å². The van der Waals surface area contributed by atoms with Gasteiger partial charge in [0.25, 0.3) is 0 Å². The molecule has 150 valence electrons. The Bertz CT molecular complexity index is 825. The van der Waals surface area contributed by atoms with Gasteiger partial charge in [-0.05, 0) is 97.3 Å². The molecule has 0 spiro atoms. The number of hydrogen-bond donors (Lipinski definition) is 0. The Kier molecular flexibility index (Phi) is 4.54. The fraction of sp³-hybridized carbons (Fsp3) is 0.654. The van der Waals surface area contributed by atoms with Crippen LogP contribution in [0.2, 0.25) is 5.02 Å². The Morgan fingerprint density at radius 1 is 1.00 bits per heavy atom. The molecule has 4 saturated carbocycles. The molecule has 0 heterocycles. The fourth-order valence-corrected chi connectivity index (χ4v) is 8.06. The van der Waals surface area contributed by atoms with Crippen LogP contribution in [0.4, 0.5) is 0 Å². The molecule has 1 nitrogen and oxygen atoms in total. The average molecular weight is 397 g/mol. The molecule has 1 aromatic carbocycles. The number of carbonyl (C=O) groups excluding carboxylic acids is 1. The van der Waals surface area contributed by atoms with E-state index in [0.29, 0.717) is 17.1 Å². The Hall–Kier alpha value is -1.08. The largest absolute Gasteiger partial charge is 0.294 e. The molecule has 2 heteroatoms. The number of halogens is 1. The van der Waals surface area contributed by atoms with Crippen molar-refractivity contribution in [3.63, 3.8) is 0 Å². The molecule has 0 radical (unpaired) electrons. The van der Waals surface area contributed by atoms with Crippen LogP contribution >= 0.6 is 11.6 Å². The maximum absolute atomic E-state index is 13.5. The second-order valence-electron chi connectivity index (χ2n) is 10.6. The summed E-state index contributed by atoms with van der Waals surface area (Å²) in [6, 6.07) is 7.91. The number of ketones is 1. The lowest BCUT2D eigenvalue weighted by Crippen LogP contribution is -2.52. The van der Waals surface area contributed by atoms with Crippen molar-refractivity contribution in [1.82, 2.24) is 0 Å². The SMILES string of the molecule is C[C@]12CCCC[C@@H]1CC[C@H]1[C@H]3C/C(=C\c4ccccc4Cl)C(=O)[C@]3(C)CC[C@@H]12. The highest BCUT2D eigenvalue weighted by atomic mass is 35.5. The zero-order chi connectivity index (χ0) is 19.5. The van der Waals surface area contributed by atoms with Gasteiger partial charge in [0, 0.05) is 10.4 Å². The van der Waals surface area contributed by atoms with Crippen molar-refractivity contribution in [2.45, 2.75) is 71.6 Å². The van der Waals surface area contributed by atoms with Gasteiger partial charge in [-0.3, -0.25) is 4.79 Å². The number of rotatable bonds is 1. The molecule has 5 rings (SSSR count). The van der Waals surface area contributed by atoms with Gasteiger partial charge in [0.05, 0.1) is 0 Å². The van der Waals surface area contributed by atoms with Crippen molar-refractivity contribution in [3.05, 3.63) is 40.4 Å². The topological polar surface area (TPSA) is 17.1 Å². The number of fused-ring (bicyclic) bond motifs is 5. The highest BCUT2D eigenvalue weighted by Crippen LogP contribution is 2.66. The molecular formula is C26H33ClO. The molecule has 0 aromatic heterocycles. The molecule has 0 aliphatic heterocycles. The molecular weight excluding hydrogens is 364 g/mol. The van der Waals surface area contributed by atoms with Gasteiger partial charge < -0.3 is 0 Å². The summed E-state index contributed by atoms with van der Waals surface area (Å²) >= 11 is 6.39. The first kappa shape index (κ1) is 18.9. The van der Waals surface area contributed by atoms with Crippen LogP contribution in [-0.4, -0.2) is 5.78 Å². The van der Waals surface area contributed by atoms with Gasteiger partial charge >= 0.3 is 0 Å². The Labute approximate surface area is 174 Å². The van der Waals surface area contributed by atoms with Crippen LogP contribution in [0.1, 0.15) is 77.2 Å². The highest BCUT2D eigenvalue weighted by Gasteiger charge is 2.60. The second kappa shape index (κ2) is 6.73. The number of benzene rings is 1. The zero-order valence-corrected chi connectivity index (χ0v) is 18.1. The maximum atomic E-state index is 13.5. The van der Waals surface area contributed by atoms with E-state index < -0.39 is 0 Å². The summed E-state index contributed by atoms with van der Waals surface area (Å²) in [5.41, 5.74) is 2.40. The van der Waals surface area contributed by atoms with Crippen LogP contribution in [0.5, 0.6) is 0 Å². The summed E-state index contributed by atoms with van der Waals surface area (Å²) in [6.07, 6.45) is 13.8. The molecule has 6 atom stereocenters. The van der Waals surface area contributed by atoms with Gasteiger partial charge in [-0.15, -0.1) is 0 Å². The Morgan fingerprint density at radius 3 is 2.64 bits per heavy atom. The summed E-state index contributed by atoms with van der Waals surface area (Å²) in [4.78, 5) is 13.5. The monoisotopic (exact) mass is 396 g/mol. The smallest absolute Gasteiger partial charge is 0.165 e. The minimum atomic E-state index is -0.147. The van der Waals surface area contributed by atoms with Crippen molar-refractivity contribution >= 4 is 23.5 Å². The van der Waals surface area contributed by atoms with Gasteiger partial charge in [-0.2, -0.15) is 0 Å². The van der Waals surface area contributed by atoms with E-state index in [4.69, 9.17) is 11.6 Å². The van der Waals surface area contributed by atoms with Gasteiger partial charge in [0.2, 0.25) is 0 Å². The molecule has 4 aliphatic rings. The molecule has 4 fully saturated rings. The van der Waals surface area contributed by atoms with Crippen molar-refractivity contribution in [2.24, 2.45) is 34.5 Å². The highest BCUT2D eigenvalue weighted by molar-refractivity contribution is 6.32. The standard InChI is InChI=1S/C26H33ClO/c1-25-13-6-5-8-19(25)10-11-20-21(25)12-14-26(2)22(20)16-18(24(26)28)15-17-7-3-4-9-23(17)27/h3-4,7,9,15,19-22H,5-6,8,10-14,16H2,1-2H3/b18-15+/t19-,20-,21+,22-,25+,26-/m1/s1. The van der Waals surface area contributed by atoms with Crippen molar-refractivity contribution in [3.8, 4) is 0 Å². The Morgan fingerprint density at radius 2 is 1.82 bits per heavy atom. The lowest BCUT2D eigenvalue weighted by Gasteiger charge is -2.59. The average Bonchev–Trinajstić information content (AvgIpc) is 2.94. The summed E-state index contributed by atoms with van der Waals surface area (Å²) in [6.45, 7) is 4.88. The summed E-state index contributed by atoms with van der Waals surface area (Å²) in [5.74, 6) is 3.44. The number of carbonyl (C=O) groups is 1. The van der Waals surface area contributed by atoms with Gasteiger partial charge in [0.15, 0.2) is 5.78 Å². The first-order chi connectivity index (χ1) is 13.4. The molecule has 0 bridgehead atoms. The number of allylic oxidation sites excluding steroid dienone is 1. The predicted octanol–water partition coefficient (Wildman–Crippen LogP) is 7.34. The van der Waals surface area contributed by atoms with Crippen LogP contribution < -0.4 is 0 Å². The first-order valence-corrected chi connectivity index (χ1v) is 11.8. The molecule has 0 saturated heterocycles. The Balaban J connectivity index is 1.48. The number of hydrogen-bond acceptors (Lipinski definition) is 1. The second-order valence-corrected chi connectivity index (χ2v) is 11.0. The van der Waals surface area contributed by atoms with E-state index in [1.165, 1.54) is 44.9 Å². The van der Waals surface area contributed by atoms with Crippen molar-refractivity contribution in [2.75, 3.05) is 0 Å². The summed E-state index contributed by atoms with van der Waals surface area (Å²) < 4.78 is 0. The van der Waals surface area contributed by atoms with Crippen LogP contribution in [0.15, 0.2) is 29.8 Å². The normalized spacial score (nSPS) is 44.1. The molecule has 0 unspecified atom stereocenters. The fourth-order valence-electron chi connectivity index (χ4n) is 7.87. The van der Waals surface area contributed by atoms with E-state index in [0.717, 1.165) is 46.8 Å². The zero-order valence-electron chi connectivity index (χ0n) is 17.3. The maximum Gasteiger partial charge on any atom is 0.165 e. The van der Waals surface area contributed by atoms with E-state index in [9.17, 15) is 4.79 Å². The van der Waals surface area contributed by atoms with Crippen LogP contribution in [0.3, 0.4) is 0 Å². The van der Waals surface area contributed by atoms with E-state index in [1.54, 1.807) is 0 Å². The predicted molar refractivity (Wildman–Crippen MR) is 116 cm³/mol. The van der Waals surface area contributed by atoms with Gasteiger partial charge in [-0.25, -0.2) is 0 Å². The summed E-state index contributed by atoms with van der Waals surface area (Å²) in [7, 11) is 0. The molecule has 1 aromatic rings. The molecule has 28 heavy (non-hydrogen) atoms. The van der Waals surface area contributed by atoms with Crippen LogP contribution in [0, 0.1) is 34.5 Å². The van der Waals surface area contributed by atoms with Crippen LogP contribution in [-0.2, 0) is 4.79 Å². The molecule has 0 amide bonds. The minimum absolute atomic E-state index is 0.147. The molecule has 4 aliphatic carbocycles. The first-order valence-electron chi connectivity index (χ1n) is 11.4. The van der Waals surface area contributed by atoms with Crippen molar-refractivity contribution < 1.29 is 4.79 Å². The molecule has 0 N–H and O–H groups in total. The van der Waals surface area contributed by atoms with E-state index in [2.05, 4.69) is 19.9 Å². The summed E-state index contributed by atoms with van der Waals surface area (Å²) in [5, 5.41) is 0.746. The third-order valence-electron chi connectivity index (χ3n) is 9.46. The van der Waals surface area contributed by atoms with Crippen LogP contribution in [0.25, 0.3) is 6.08 Å². The number of Topliss-reactive ketones (excluding diaryl/α,β-unsaturated/α-hetero) is 1. The van der Waals surface area contributed by atoms with E-state index in [1.807, 2.05) is 24.3 Å². The quantitative estimate of drug-likeness (QED) is 0.454. The third-order valence-corrected chi connectivity index (χ3v) is 9.80. The van der Waals surface area contributed by atoms with Gasteiger partial charge in [0.1, 0.15) is 0 Å². The lowest BCUT2D eigenvalue weighted by molar-refractivity contribution is -0.137. The van der Waals surface area contributed by atoms with E-state index >= 15 is 0 Å². The third kappa shape index (κ3) is 2.68. The minimum Gasteiger partial charge on any atom is -0.294 e.